The van der Waals surface area contributed by atoms with Gasteiger partial charge in [-0.2, -0.15) is 0 Å². The van der Waals surface area contributed by atoms with E-state index in [0.29, 0.717) is 5.39 Å². The monoisotopic (exact) mass is 324 g/mol. The normalized spacial score (nSPS) is 12.1. The molecule has 2 N–H and O–H groups in total. The van der Waals surface area contributed by atoms with Crippen molar-refractivity contribution in [2.45, 2.75) is 0 Å². The third-order valence-electron chi connectivity index (χ3n) is 3.91. The number of fused-ring (bicyclic) bond motifs is 4. The van der Waals surface area contributed by atoms with Crippen molar-refractivity contribution in [3.8, 4) is 5.75 Å². The highest BCUT2D eigenvalue weighted by atomic mass is 31.2. The van der Waals surface area contributed by atoms with Crippen molar-refractivity contribution in [2.24, 2.45) is 0 Å². The van der Waals surface area contributed by atoms with Crippen molar-refractivity contribution < 1.29 is 18.9 Å². The number of benzene rings is 4. The fraction of sp³-hybridized carbons (Fsp3) is 0. The van der Waals surface area contributed by atoms with Gasteiger partial charge >= 0.3 is 7.82 Å². The van der Waals surface area contributed by atoms with Crippen molar-refractivity contribution in [1.82, 2.24) is 0 Å². The maximum Gasteiger partial charge on any atom is 0.524 e. The van der Waals surface area contributed by atoms with Gasteiger partial charge in [0, 0.05) is 5.39 Å². The number of rotatable bonds is 2. The Balaban J connectivity index is 2.13. The lowest BCUT2D eigenvalue weighted by Crippen LogP contribution is -1.91. The fourth-order valence-electron chi connectivity index (χ4n) is 2.97. The largest absolute Gasteiger partial charge is 0.524 e. The molecule has 0 saturated heterocycles. The van der Waals surface area contributed by atoms with Crippen LogP contribution in [0.2, 0.25) is 0 Å². The zero-order chi connectivity index (χ0) is 16.0. The minimum absolute atomic E-state index is 0.191. The van der Waals surface area contributed by atoms with Gasteiger partial charge in [0.25, 0.3) is 0 Å². The van der Waals surface area contributed by atoms with E-state index in [9.17, 15) is 4.57 Å². The highest BCUT2D eigenvalue weighted by Crippen LogP contribution is 2.43. The molecule has 4 rings (SSSR count). The van der Waals surface area contributed by atoms with Crippen molar-refractivity contribution in [3.63, 3.8) is 0 Å². The summed E-state index contributed by atoms with van der Waals surface area (Å²) in [4.78, 5) is 18.3. The third-order valence-corrected chi connectivity index (χ3v) is 4.34. The first-order chi connectivity index (χ1) is 11.0. The quantitative estimate of drug-likeness (QED) is 0.321. The second kappa shape index (κ2) is 5.07. The Morgan fingerprint density at radius 3 is 2.13 bits per heavy atom. The van der Waals surface area contributed by atoms with Crippen LogP contribution in [-0.2, 0) is 4.57 Å². The van der Waals surface area contributed by atoms with Crippen LogP contribution in [0.5, 0.6) is 5.75 Å². The minimum atomic E-state index is -4.62. The van der Waals surface area contributed by atoms with E-state index < -0.39 is 7.82 Å². The first-order valence-corrected chi connectivity index (χ1v) is 8.64. The van der Waals surface area contributed by atoms with Gasteiger partial charge in [0.15, 0.2) is 0 Å². The molecule has 0 fully saturated rings. The van der Waals surface area contributed by atoms with Gasteiger partial charge in [-0.3, -0.25) is 9.79 Å². The van der Waals surface area contributed by atoms with Crippen LogP contribution in [0.15, 0.2) is 66.7 Å². The Hall–Kier alpha value is -2.39. The maximum absolute atomic E-state index is 11.3. The van der Waals surface area contributed by atoms with Gasteiger partial charge in [-0.1, -0.05) is 48.5 Å². The van der Waals surface area contributed by atoms with E-state index in [2.05, 4.69) is 6.07 Å². The summed E-state index contributed by atoms with van der Waals surface area (Å²) in [6, 6.07) is 21.2. The van der Waals surface area contributed by atoms with Crippen molar-refractivity contribution in [2.75, 3.05) is 0 Å². The van der Waals surface area contributed by atoms with Crippen molar-refractivity contribution in [3.05, 3.63) is 66.7 Å². The fourth-order valence-corrected chi connectivity index (χ4v) is 3.38. The molecule has 4 nitrogen and oxygen atoms in total. The Kier molecular flexibility index (Phi) is 3.13. The van der Waals surface area contributed by atoms with E-state index in [0.717, 1.165) is 26.9 Å². The molecule has 0 atom stereocenters. The zero-order valence-electron chi connectivity index (χ0n) is 12.0. The second-order valence-electron chi connectivity index (χ2n) is 5.42. The summed E-state index contributed by atoms with van der Waals surface area (Å²) >= 11 is 0. The molecule has 0 saturated carbocycles. The summed E-state index contributed by atoms with van der Waals surface area (Å²) in [5.74, 6) is 0.191. The molecule has 0 bridgehead atoms. The van der Waals surface area contributed by atoms with Crippen LogP contribution in [0.1, 0.15) is 0 Å². The van der Waals surface area contributed by atoms with E-state index >= 15 is 0 Å². The maximum atomic E-state index is 11.3. The molecule has 4 aromatic carbocycles. The van der Waals surface area contributed by atoms with Crippen LogP contribution < -0.4 is 4.52 Å². The average molecular weight is 324 g/mol. The second-order valence-corrected chi connectivity index (χ2v) is 6.59. The van der Waals surface area contributed by atoms with Crippen LogP contribution in [-0.4, -0.2) is 9.79 Å². The van der Waals surface area contributed by atoms with Gasteiger partial charge in [-0.25, -0.2) is 4.57 Å². The molecule has 0 aliphatic heterocycles. The number of phosphoric acid groups is 1. The molecule has 23 heavy (non-hydrogen) atoms. The number of hydrogen-bond acceptors (Lipinski definition) is 2. The van der Waals surface area contributed by atoms with Gasteiger partial charge in [0.1, 0.15) is 5.75 Å². The highest BCUT2D eigenvalue weighted by Gasteiger charge is 2.18. The molecule has 4 aromatic rings. The molecule has 0 aliphatic carbocycles. The molecule has 0 amide bonds. The SMILES string of the molecule is O=P(O)(O)Oc1cccc2ccc3cc4ccccc4cc3c12. The van der Waals surface area contributed by atoms with Gasteiger partial charge in [0.05, 0.1) is 0 Å². The standard InChI is InChI=1S/C18H13O4P/c19-23(20,21)22-17-7-3-6-12-8-9-15-10-13-4-1-2-5-14(13)11-16(15)18(12)17/h1-11H,(H2,19,20,21). The summed E-state index contributed by atoms with van der Waals surface area (Å²) in [6.07, 6.45) is 0. The van der Waals surface area contributed by atoms with Gasteiger partial charge in [-0.15, -0.1) is 0 Å². The summed E-state index contributed by atoms with van der Waals surface area (Å²) in [6.45, 7) is 0. The number of hydrogen-bond donors (Lipinski definition) is 2. The first-order valence-electron chi connectivity index (χ1n) is 7.11. The summed E-state index contributed by atoms with van der Waals surface area (Å²) in [5, 5.41) is 5.67. The molecular formula is C18H13O4P. The molecule has 0 heterocycles. The Morgan fingerprint density at radius 2 is 1.39 bits per heavy atom. The number of phosphoric ester groups is 1. The predicted molar refractivity (Wildman–Crippen MR) is 91.6 cm³/mol. The Bertz CT molecular complexity index is 1100. The van der Waals surface area contributed by atoms with Crippen LogP contribution in [0.3, 0.4) is 0 Å². The first kappa shape index (κ1) is 14.2. The van der Waals surface area contributed by atoms with E-state index in [1.807, 2.05) is 48.5 Å². The van der Waals surface area contributed by atoms with Gasteiger partial charge in [-0.05, 0) is 45.1 Å². The van der Waals surface area contributed by atoms with Crippen molar-refractivity contribution >= 4 is 40.1 Å². The van der Waals surface area contributed by atoms with Crippen LogP contribution in [0, 0.1) is 0 Å². The lowest BCUT2D eigenvalue weighted by Gasteiger charge is -2.12. The predicted octanol–water partition coefficient (Wildman–Crippen LogP) is 4.62. The zero-order valence-corrected chi connectivity index (χ0v) is 12.9. The third kappa shape index (κ3) is 2.57. The van der Waals surface area contributed by atoms with E-state index in [-0.39, 0.29) is 5.75 Å². The lowest BCUT2D eigenvalue weighted by atomic mass is 9.98. The van der Waals surface area contributed by atoms with E-state index in [4.69, 9.17) is 14.3 Å². The molecule has 0 aliphatic rings. The smallest absolute Gasteiger partial charge is 0.404 e. The molecule has 0 spiro atoms. The highest BCUT2D eigenvalue weighted by molar-refractivity contribution is 7.46. The Morgan fingerprint density at radius 1 is 0.739 bits per heavy atom. The van der Waals surface area contributed by atoms with Crippen LogP contribution in [0.4, 0.5) is 0 Å². The van der Waals surface area contributed by atoms with Crippen molar-refractivity contribution in [1.29, 1.82) is 0 Å². The van der Waals surface area contributed by atoms with E-state index in [1.54, 1.807) is 12.1 Å². The topological polar surface area (TPSA) is 66.8 Å². The van der Waals surface area contributed by atoms with E-state index in [1.165, 1.54) is 0 Å². The minimum Gasteiger partial charge on any atom is -0.404 e. The molecule has 5 heteroatoms. The summed E-state index contributed by atoms with van der Waals surface area (Å²) in [7, 11) is -4.62. The average Bonchev–Trinajstić information content (AvgIpc) is 2.51. The van der Waals surface area contributed by atoms with Crippen LogP contribution >= 0.6 is 7.82 Å². The molecular weight excluding hydrogens is 311 g/mol. The Labute approximate surface area is 132 Å². The van der Waals surface area contributed by atoms with Gasteiger partial charge in [0.2, 0.25) is 0 Å². The van der Waals surface area contributed by atoms with Crippen LogP contribution in [0.25, 0.3) is 32.3 Å². The molecule has 0 unspecified atom stereocenters. The summed E-state index contributed by atoms with van der Waals surface area (Å²) < 4.78 is 16.2. The van der Waals surface area contributed by atoms with Gasteiger partial charge < -0.3 is 4.52 Å². The molecule has 0 radical (unpaired) electrons. The lowest BCUT2D eigenvalue weighted by molar-refractivity contribution is 0.284. The summed E-state index contributed by atoms with van der Waals surface area (Å²) in [5.41, 5.74) is 0. The molecule has 114 valence electrons. The molecule has 0 aromatic heterocycles.